The van der Waals surface area contributed by atoms with Crippen LogP contribution in [0.15, 0.2) is 0 Å². The topological polar surface area (TPSA) is 26.3 Å². The van der Waals surface area contributed by atoms with Crippen molar-refractivity contribution < 1.29 is 9.53 Å². The first kappa shape index (κ1) is 13.7. The van der Waals surface area contributed by atoms with Crippen LogP contribution in [0.1, 0.15) is 59.3 Å². The van der Waals surface area contributed by atoms with Crippen LogP contribution in [-0.2, 0) is 9.53 Å². The van der Waals surface area contributed by atoms with Crippen molar-refractivity contribution in [2.45, 2.75) is 65.4 Å². The van der Waals surface area contributed by atoms with Crippen LogP contribution >= 0.6 is 0 Å². The molecule has 1 rings (SSSR count). The molecule has 0 aromatic rings. The molecule has 1 atom stereocenters. The summed E-state index contributed by atoms with van der Waals surface area (Å²) in [6, 6.07) is 0. The van der Waals surface area contributed by atoms with Crippen LogP contribution in [-0.4, -0.2) is 18.5 Å². The smallest absolute Gasteiger partial charge is 0.161 e. The van der Waals surface area contributed by atoms with Gasteiger partial charge >= 0.3 is 0 Å². The van der Waals surface area contributed by atoms with Crippen molar-refractivity contribution in [2.24, 2.45) is 11.8 Å². The fourth-order valence-corrected chi connectivity index (χ4v) is 2.12. The first-order valence-corrected chi connectivity index (χ1v) is 6.77. The molecule has 0 saturated heterocycles. The number of hydrogen-bond donors (Lipinski definition) is 0. The van der Waals surface area contributed by atoms with E-state index in [0.717, 1.165) is 25.4 Å². The quantitative estimate of drug-likeness (QED) is 0.632. The van der Waals surface area contributed by atoms with Gasteiger partial charge in [-0.3, -0.25) is 4.79 Å². The number of hydrogen-bond acceptors (Lipinski definition) is 2. The Hall–Kier alpha value is -0.370. The Morgan fingerprint density at radius 3 is 2.50 bits per heavy atom. The van der Waals surface area contributed by atoms with Gasteiger partial charge in [0.1, 0.15) is 6.10 Å². The van der Waals surface area contributed by atoms with Crippen LogP contribution in [0.5, 0.6) is 0 Å². The molecule has 16 heavy (non-hydrogen) atoms. The maximum Gasteiger partial charge on any atom is 0.161 e. The van der Waals surface area contributed by atoms with E-state index < -0.39 is 0 Å². The van der Waals surface area contributed by atoms with Gasteiger partial charge in [0.05, 0.1) is 0 Å². The average molecular weight is 226 g/mol. The van der Waals surface area contributed by atoms with E-state index in [9.17, 15) is 4.79 Å². The minimum absolute atomic E-state index is 0.118. The van der Waals surface area contributed by atoms with Crippen molar-refractivity contribution in [1.82, 2.24) is 0 Å². The molecule has 0 spiro atoms. The highest BCUT2D eigenvalue weighted by Crippen LogP contribution is 2.31. The molecule has 0 aliphatic heterocycles. The lowest BCUT2D eigenvalue weighted by molar-refractivity contribution is -0.133. The lowest BCUT2D eigenvalue weighted by atomic mass is 9.80. The number of carbonyl (C=O) groups is 1. The Labute approximate surface area is 99.8 Å². The minimum atomic E-state index is -0.118. The van der Waals surface area contributed by atoms with Crippen LogP contribution in [0.2, 0.25) is 0 Å². The van der Waals surface area contributed by atoms with Crippen molar-refractivity contribution in [2.75, 3.05) is 6.61 Å². The third-order valence-corrected chi connectivity index (χ3v) is 3.26. The molecule has 0 heterocycles. The van der Waals surface area contributed by atoms with E-state index >= 15 is 0 Å². The third-order valence-electron chi connectivity index (χ3n) is 3.26. The van der Waals surface area contributed by atoms with Gasteiger partial charge in [-0.2, -0.15) is 0 Å². The Kier molecular flexibility index (Phi) is 6.04. The molecule has 0 bridgehead atoms. The maximum atomic E-state index is 12.0. The zero-order chi connectivity index (χ0) is 12.0. The first-order chi connectivity index (χ1) is 7.63. The Balaban J connectivity index is 2.37. The normalized spacial score (nSPS) is 18.5. The van der Waals surface area contributed by atoms with Crippen LogP contribution < -0.4 is 0 Å². The van der Waals surface area contributed by atoms with Gasteiger partial charge < -0.3 is 4.74 Å². The van der Waals surface area contributed by atoms with E-state index in [1.807, 2.05) is 0 Å². The minimum Gasteiger partial charge on any atom is -0.370 e. The monoisotopic (exact) mass is 226 g/mol. The summed E-state index contributed by atoms with van der Waals surface area (Å²) >= 11 is 0. The van der Waals surface area contributed by atoms with E-state index in [0.29, 0.717) is 18.1 Å². The van der Waals surface area contributed by atoms with Crippen LogP contribution in [0.3, 0.4) is 0 Å². The fourth-order valence-electron chi connectivity index (χ4n) is 2.12. The number of carbonyl (C=O) groups excluding carboxylic acids is 1. The van der Waals surface area contributed by atoms with Gasteiger partial charge in [0.25, 0.3) is 0 Å². The molecule has 0 amide bonds. The number of ether oxygens (including phenoxy) is 1. The highest BCUT2D eigenvalue weighted by Gasteiger charge is 2.27. The predicted molar refractivity (Wildman–Crippen MR) is 66.5 cm³/mol. The summed E-state index contributed by atoms with van der Waals surface area (Å²) < 4.78 is 5.71. The highest BCUT2D eigenvalue weighted by atomic mass is 16.5. The average Bonchev–Trinajstić information content (AvgIpc) is 2.14. The summed E-state index contributed by atoms with van der Waals surface area (Å²) in [7, 11) is 0. The highest BCUT2D eigenvalue weighted by molar-refractivity contribution is 5.83. The molecular formula is C14H26O2. The molecule has 1 aliphatic carbocycles. The molecule has 2 nitrogen and oxygen atoms in total. The van der Waals surface area contributed by atoms with Crippen molar-refractivity contribution in [3.63, 3.8) is 0 Å². The van der Waals surface area contributed by atoms with E-state index in [1.165, 1.54) is 19.3 Å². The van der Waals surface area contributed by atoms with E-state index in [1.54, 1.807) is 0 Å². The lowest BCUT2D eigenvalue weighted by Gasteiger charge is -2.29. The predicted octanol–water partition coefficient (Wildman–Crippen LogP) is 3.59. The largest absolute Gasteiger partial charge is 0.370 e. The molecule has 1 saturated carbocycles. The van der Waals surface area contributed by atoms with Crippen LogP contribution in [0.25, 0.3) is 0 Å². The SMILES string of the molecule is CCCOC(CC1CCC1)C(=O)CC(C)C. The van der Waals surface area contributed by atoms with Gasteiger partial charge in [-0.05, 0) is 24.7 Å². The van der Waals surface area contributed by atoms with Crippen molar-refractivity contribution in [3.05, 3.63) is 0 Å². The first-order valence-electron chi connectivity index (χ1n) is 6.77. The van der Waals surface area contributed by atoms with Crippen molar-refractivity contribution >= 4 is 5.78 Å². The molecule has 1 unspecified atom stereocenters. The van der Waals surface area contributed by atoms with E-state index in [-0.39, 0.29) is 6.10 Å². The van der Waals surface area contributed by atoms with E-state index in [2.05, 4.69) is 20.8 Å². The van der Waals surface area contributed by atoms with Crippen molar-refractivity contribution in [1.29, 1.82) is 0 Å². The molecule has 0 radical (unpaired) electrons. The van der Waals surface area contributed by atoms with Crippen LogP contribution in [0, 0.1) is 11.8 Å². The molecule has 0 aromatic carbocycles. The Bertz CT molecular complexity index is 207. The Morgan fingerprint density at radius 1 is 1.38 bits per heavy atom. The second kappa shape index (κ2) is 7.05. The number of ketones is 1. The standard InChI is InChI=1S/C14H26O2/c1-4-8-16-14(10-12-6-5-7-12)13(15)9-11(2)3/h11-12,14H,4-10H2,1-3H3. The van der Waals surface area contributed by atoms with E-state index in [4.69, 9.17) is 4.74 Å². The molecule has 1 aliphatic rings. The summed E-state index contributed by atoms with van der Waals surface area (Å²) in [4.78, 5) is 12.0. The number of rotatable bonds is 8. The molecule has 1 fully saturated rings. The molecular weight excluding hydrogens is 200 g/mol. The lowest BCUT2D eigenvalue weighted by Crippen LogP contribution is -2.30. The number of Topliss-reactive ketones (excluding diaryl/α,β-unsaturated/α-hetero) is 1. The summed E-state index contributed by atoms with van der Waals surface area (Å²) in [5.41, 5.74) is 0. The van der Waals surface area contributed by atoms with Gasteiger partial charge in [-0.25, -0.2) is 0 Å². The summed E-state index contributed by atoms with van der Waals surface area (Å²) in [5, 5.41) is 0. The van der Waals surface area contributed by atoms with Gasteiger partial charge in [0.2, 0.25) is 0 Å². The maximum absolute atomic E-state index is 12.0. The summed E-state index contributed by atoms with van der Waals surface area (Å²) in [6.45, 7) is 7.00. The molecule has 0 N–H and O–H groups in total. The molecule has 0 aromatic heterocycles. The molecule has 94 valence electrons. The van der Waals surface area contributed by atoms with Gasteiger partial charge in [-0.1, -0.05) is 40.0 Å². The Morgan fingerprint density at radius 2 is 2.06 bits per heavy atom. The summed E-state index contributed by atoms with van der Waals surface area (Å²) in [5.74, 6) is 1.51. The zero-order valence-electron chi connectivity index (χ0n) is 11.0. The zero-order valence-corrected chi connectivity index (χ0v) is 11.0. The second-order valence-corrected chi connectivity index (χ2v) is 5.46. The fraction of sp³-hybridized carbons (Fsp3) is 0.929. The second-order valence-electron chi connectivity index (χ2n) is 5.46. The van der Waals surface area contributed by atoms with Crippen molar-refractivity contribution in [3.8, 4) is 0 Å². The third kappa shape index (κ3) is 4.65. The van der Waals surface area contributed by atoms with Gasteiger partial charge in [0, 0.05) is 13.0 Å². The van der Waals surface area contributed by atoms with Crippen LogP contribution in [0.4, 0.5) is 0 Å². The van der Waals surface area contributed by atoms with Gasteiger partial charge in [-0.15, -0.1) is 0 Å². The molecule has 2 heteroatoms. The van der Waals surface area contributed by atoms with Gasteiger partial charge in [0.15, 0.2) is 5.78 Å². The summed E-state index contributed by atoms with van der Waals surface area (Å²) in [6.07, 6.45) is 6.43.